The second-order valence-electron chi connectivity index (χ2n) is 6.50. The minimum Gasteiger partial charge on any atom is -0.464 e. The molecule has 0 spiro atoms. The third kappa shape index (κ3) is 5.29. The van der Waals surface area contributed by atoms with E-state index in [2.05, 4.69) is 10.3 Å². The number of nitrogens with zero attached hydrogens (tertiary/aromatic N) is 1. The van der Waals surface area contributed by atoms with Crippen LogP contribution in [0.5, 0.6) is 0 Å². The van der Waals surface area contributed by atoms with Gasteiger partial charge in [-0.25, -0.2) is 14.6 Å². The van der Waals surface area contributed by atoms with Gasteiger partial charge in [0, 0.05) is 0 Å². The van der Waals surface area contributed by atoms with Crippen molar-refractivity contribution in [3.8, 4) is 10.4 Å². The Hall–Kier alpha value is -2.41. The van der Waals surface area contributed by atoms with Crippen molar-refractivity contribution in [2.45, 2.75) is 39.8 Å². The van der Waals surface area contributed by atoms with E-state index in [9.17, 15) is 9.59 Å². The highest BCUT2D eigenvalue weighted by Crippen LogP contribution is 2.31. The number of carbonyl (C=O) groups is 2. The van der Waals surface area contributed by atoms with Gasteiger partial charge in [-0.05, 0) is 33.3 Å². The van der Waals surface area contributed by atoms with Crippen LogP contribution in [0.1, 0.15) is 41.8 Å². The molecule has 0 atom stereocenters. The summed E-state index contributed by atoms with van der Waals surface area (Å²) in [6.07, 6.45) is -0.528. The summed E-state index contributed by atoms with van der Waals surface area (Å²) < 4.78 is 10.0. The first-order valence-corrected chi connectivity index (χ1v) is 8.63. The molecule has 134 valence electrons. The van der Waals surface area contributed by atoms with E-state index in [0.29, 0.717) is 5.01 Å². The van der Waals surface area contributed by atoms with Crippen LogP contribution in [0, 0.1) is 6.92 Å². The molecule has 0 aliphatic rings. The second kappa shape index (κ2) is 7.65. The molecule has 1 aromatic heterocycles. The number of alkyl carbamates (subject to hydrolysis) is 1. The lowest BCUT2D eigenvalue weighted by Crippen LogP contribution is -2.32. The molecule has 0 aliphatic heterocycles. The smallest absolute Gasteiger partial charge is 0.408 e. The number of aromatic nitrogens is 1. The average Bonchev–Trinajstić information content (AvgIpc) is 2.95. The standard InChI is InChI=1S/C18H22N2O4S/c1-11-7-6-8-12(9-11)15-14(16(21)23-5)20-13(25-15)10-19-17(22)24-18(2,3)4/h6-9H,10H2,1-5H3,(H,19,22). The molecule has 25 heavy (non-hydrogen) atoms. The van der Waals surface area contributed by atoms with E-state index >= 15 is 0 Å². The number of thiazole rings is 1. The molecule has 0 fully saturated rings. The Morgan fingerprint density at radius 1 is 1.28 bits per heavy atom. The number of amides is 1. The average molecular weight is 362 g/mol. The fourth-order valence-electron chi connectivity index (χ4n) is 2.12. The number of rotatable bonds is 4. The van der Waals surface area contributed by atoms with Gasteiger partial charge in [0.15, 0.2) is 5.69 Å². The molecule has 2 rings (SSSR count). The van der Waals surface area contributed by atoms with Gasteiger partial charge in [-0.3, -0.25) is 0 Å². The van der Waals surface area contributed by atoms with E-state index in [4.69, 9.17) is 9.47 Å². The lowest BCUT2D eigenvalue weighted by atomic mass is 10.1. The molecular formula is C18H22N2O4S. The third-order valence-electron chi connectivity index (χ3n) is 3.11. The topological polar surface area (TPSA) is 77.5 Å². The van der Waals surface area contributed by atoms with Crippen LogP contribution >= 0.6 is 11.3 Å². The molecular weight excluding hydrogens is 340 g/mol. The molecule has 6 nitrogen and oxygen atoms in total. The highest BCUT2D eigenvalue weighted by molar-refractivity contribution is 7.15. The molecule has 0 bridgehead atoms. The van der Waals surface area contributed by atoms with Crippen molar-refractivity contribution in [2.75, 3.05) is 7.11 Å². The zero-order valence-electron chi connectivity index (χ0n) is 15.0. The predicted molar refractivity (Wildman–Crippen MR) is 96.7 cm³/mol. The number of benzene rings is 1. The molecule has 1 heterocycles. The summed E-state index contributed by atoms with van der Waals surface area (Å²) in [4.78, 5) is 28.9. The first-order chi connectivity index (χ1) is 11.7. The maximum absolute atomic E-state index is 12.0. The van der Waals surface area contributed by atoms with Crippen LogP contribution in [-0.2, 0) is 16.0 Å². The first kappa shape index (κ1) is 18.9. The summed E-state index contributed by atoms with van der Waals surface area (Å²) in [5.74, 6) is -0.503. The summed E-state index contributed by atoms with van der Waals surface area (Å²) in [6, 6.07) is 7.79. The number of methoxy groups -OCH3 is 1. The lowest BCUT2D eigenvalue weighted by Gasteiger charge is -2.19. The molecule has 1 amide bonds. The number of ether oxygens (including phenoxy) is 2. The van der Waals surface area contributed by atoms with Crippen molar-refractivity contribution in [3.63, 3.8) is 0 Å². The maximum atomic E-state index is 12.0. The van der Waals surface area contributed by atoms with Gasteiger partial charge in [-0.15, -0.1) is 11.3 Å². The summed E-state index contributed by atoms with van der Waals surface area (Å²) in [5, 5.41) is 3.25. The van der Waals surface area contributed by atoms with Crippen molar-refractivity contribution in [1.29, 1.82) is 0 Å². The maximum Gasteiger partial charge on any atom is 0.408 e. The zero-order chi connectivity index (χ0) is 18.6. The Balaban J connectivity index is 2.23. The monoisotopic (exact) mass is 362 g/mol. The minimum absolute atomic E-state index is 0.176. The van der Waals surface area contributed by atoms with Crippen molar-refractivity contribution in [2.24, 2.45) is 0 Å². The van der Waals surface area contributed by atoms with Gasteiger partial charge >= 0.3 is 12.1 Å². The van der Waals surface area contributed by atoms with Crippen LogP contribution in [0.25, 0.3) is 10.4 Å². The molecule has 2 aromatic rings. The van der Waals surface area contributed by atoms with Crippen LogP contribution in [0.2, 0.25) is 0 Å². The SMILES string of the molecule is COC(=O)c1nc(CNC(=O)OC(C)(C)C)sc1-c1cccc(C)c1. The summed E-state index contributed by atoms with van der Waals surface area (Å²) in [5.41, 5.74) is 1.65. The van der Waals surface area contributed by atoms with Crippen molar-refractivity contribution < 1.29 is 19.1 Å². The lowest BCUT2D eigenvalue weighted by molar-refractivity contribution is 0.0523. The third-order valence-corrected chi connectivity index (χ3v) is 4.22. The highest BCUT2D eigenvalue weighted by Gasteiger charge is 2.21. The Kier molecular flexibility index (Phi) is 5.79. The molecule has 0 saturated carbocycles. The van der Waals surface area contributed by atoms with E-state index in [0.717, 1.165) is 16.0 Å². The highest BCUT2D eigenvalue weighted by atomic mass is 32.1. The van der Waals surface area contributed by atoms with Crippen molar-refractivity contribution in [1.82, 2.24) is 10.3 Å². The molecule has 0 unspecified atom stereocenters. The van der Waals surface area contributed by atoms with Crippen molar-refractivity contribution in [3.05, 3.63) is 40.5 Å². The molecule has 0 aliphatic carbocycles. The number of hydrogen-bond donors (Lipinski definition) is 1. The van der Waals surface area contributed by atoms with Gasteiger partial charge in [-0.2, -0.15) is 0 Å². The van der Waals surface area contributed by atoms with Crippen LogP contribution in [0.4, 0.5) is 4.79 Å². The molecule has 7 heteroatoms. The fraction of sp³-hybridized carbons (Fsp3) is 0.389. The van der Waals surface area contributed by atoms with E-state index in [-0.39, 0.29) is 12.2 Å². The van der Waals surface area contributed by atoms with Gasteiger partial charge in [0.2, 0.25) is 0 Å². The molecule has 1 N–H and O–H groups in total. The number of hydrogen-bond acceptors (Lipinski definition) is 6. The van der Waals surface area contributed by atoms with Gasteiger partial charge in [0.1, 0.15) is 10.6 Å². The van der Waals surface area contributed by atoms with E-state index in [1.165, 1.54) is 18.4 Å². The normalized spacial score (nSPS) is 11.1. The number of carbonyl (C=O) groups excluding carboxylic acids is 2. The minimum atomic E-state index is -0.573. The second-order valence-corrected chi connectivity index (χ2v) is 7.59. The number of aryl methyl sites for hydroxylation is 1. The fourth-order valence-corrected chi connectivity index (χ4v) is 3.11. The Bertz CT molecular complexity index is 778. The molecule has 1 aromatic carbocycles. The Morgan fingerprint density at radius 2 is 2.00 bits per heavy atom. The number of esters is 1. The summed E-state index contributed by atoms with van der Waals surface area (Å²) >= 11 is 1.34. The van der Waals surface area contributed by atoms with Crippen molar-refractivity contribution >= 4 is 23.4 Å². The Labute approximate surface area is 151 Å². The van der Waals surface area contributed by atoms with Gasteiger partial charge in [0.25, 0.3) is 0 Å². The van der Waals surface area contributed by atoms with Crippen LogP contribution in [0.3, 0.4) is 0 Å². The van der Waals surface area contributed by atoms with Gasteiger partial charge in [0.05, 0.1) is 18.5 Å². The molecule has 0 saturated heterocycles. The number of nitrogens with one attached hydrogen (secondary N) is 1. The Morgan fingerprint density at radius 3 is 2.60 bits per heavy atom. The van der Waals surface area contributed by atoms with E-state index < -0.39 is 17.7 Å². The zero-order valence-corrected chi connectivity index (χ0v) is 15.8. The van der Waals surface area contributed by atoms with Crippen LogP contribution in [0.15, 0.2) is 24.3 Å². The van der Waals surface area contributed by atoms with Gasteiger partial charge < -0.3 is 14.8 Å². The summed E-state index contributed by atoms with van der Waals surface area (Å²) in [7, 11) is 1.32. The predicted octanol–water partition coefficient (Wildman–Crippen LogP) is 3.93. The van der Waals surface area contributed by atoms with E-state index in [1.807, 2.05) is 31.2 Å². The summed E-state index contributed by atoms with van der Waals surface area (Å²) in [6.45, 7) is 7.53. The first-order valence-electron chi connectivity index (χ1n) is 7.81. The quantitative estimate of drug-likeness (QED) is 0.834. The van der Waals surface area contributed by atoms with Crippen LogP contribution < -0.4 is 5.32 Å². The van der Waals surface area contributed by atoms with Gasteiger partial charge in [-0.1, -0.05) is 29.8 Å². The van der Waals surface area contributed by atoms with E-state index in [1.54, 1.807) is 20.8 Å². The molecule has 0 radical (unpaired) electrons. The van der Waals surface area contributed by atoms with Crippen LogP contribution in [-0.4, -0.2) is 29.8 Å². The largest absolute Gasteiger partial charge is 0.464 e.